The van der Waals surface area contributed by atoms with Crippen LogP contribution >= 0.6 is 11.8 Å². The van der Waals surface area contributed by atoms with E-state index in [1.54, 1.807) is 66.6 Å². The first-order valence-corrected chi connectivity index (χ1v) is 28.6. The van der Waals surface area contributed by atoms with Gasteiger partial charge >= 0.3 is 18.2 Å². The second kappa shape index (κ2) is 23.7. The number of ether oxygens (including phenoxy) is 4. The third kappa shape index (κ3) is 13.9. The van der Waals surface area contributed by atoms with E-state index in [1.165, 1.54) is 19.2 Å². The number of alkyl halides is 1. The van der Waals surface area contributed by atoms with Gasteiger partial charge in [0, 0.05) is 40.8 Å². The van der Waals surface area contributed by atoms with Crippen molar-refractivity contribution in [3.63, 3.8) is 0 Å². The van der Waals surface area contributed by atoms with Crippen molar-refractivity contribution in [1.82, 2.24) is 50.0 Å². The Morgan fingerprint density at radius 1 is 1.00 bits per heavy atom. The molecule has 4 amide bonds. The largest absolute Gasteiger partial charge is 0.478 e. The lowest BCUT2D eigenvalue weighted by atomic mass is 10.0. The maximum atomic E-state index is 15.3. The zero-order valence-corrected chi connectivity index (χ0v) is 44.8. The van der Waals surface area contributed by atoms with Gasteiger partial charge in [0.1, 0.15) is 39.0 Å². The molecule has 21 nitrogen and oxygen atoms in total. The normalized spacial score (nSPS) is 17.9. The number of rotatable bonds is 21. The average molecular weight is 1070 g/mol. The zero-order valence-electron chi connectivity index (χ0n) is 43.0. The molecule has 7 rings (SSSR count). The molecule has 0 aliphatic carbocycles. The second-order valence-electron chi connectivity index (χ2n) is 19.8. The lowest BCUT2D eigenvalue weighted by Crippen LogP contribution is -2.47. The lowest BCUT2D eigenvalue weighted by molar-refractivity contribution is -0.125. The SMILES string of the molecule is COc1nn(CCOCCON(C)C(=O)N2N=C(c3cc(F)ccc3F)S[C@@]2(CCCNC(=O)OC(C)(C)C)c2ccccc2)cc1Nc1nc(N2C[C@@H](F)[C@H](NC(=O)OCC[Si](C)(C)C)C2)nc2c1ncn2C. The number of hydrogen-bond acceptors (Lipinski definition) is 16. The Balaban J connectivity index is 0.966. The number of carbonyl (C=O) groups is 3. The Morgan fingerprint density at radius 2 is 1.77 bits per heavy atom. The molecule has 400 valence electrons. The number of nitrogens with one attached hydrogen (secondary N) is 3. The van der Waals surface area contributed by atoms with Crippen LogP contribution in [0.3, 0.4) is 0 Å². The van der Waals surface area contributed by atoms with Crippen molar-refractivity contribution >= 4 is 71.7 Å². The van der Waals surface area contributed by atoms with Crippen molar-refractivity contribution in [3.8, 4) is 5.88 Å². The monoisotopic (exact) mass is 1070 g/mol. The van der Waals surface area contributed by atoms with E-state index < -0.39 is 60.6 Å². The molecule has 5 aromatic rings. The highest BCUT2D eigenvalue weighted by Crippen LogP contribution is 2.51. The second-order valence-corrected chi connectivity index (χ2v) is 26.7. The van der Waals surface area contributed by atoms with Crippen molar-refractivity contribution < 1.29 is 51.3 Å². The molecule has 5 heterocycles. The van der Waals surface area contributed by atoms with E-state index in [9.17, 15) is 18.8 Å². The van der Waals surface area contributed by atoms with E-state index in [2.05, 4.69) is 55.8 Å². The number of nitrogens with zero attached hydrogens (tertiary/aromatic N) is 10. The number of imidazole rings is 1. The average Bonchev–Trinajstić information content (AvgIpc) is 4.13. The van der Waals surface area contributed by atoms with Crippen LogP contribution in [-0.4, -0.2) is 149 Å². The fourth-order valence-corrected chi connectivity index (χ4v) is 10.00. The van der Waals surface area contributed by atoms with Gasteiger partial charge in [0.05, 0.1) is 65.2 Å². The number of hydrazone groups is 1. The summed E-state index contributed by atoms with van der Waals surface area (Å²) in [6.45, 7) is 12.8. The third-order valence-electron chi connectivity index (χ3n) is 11.6. The zero-order chi connectivity index (χ0) is 53.4. The Morgan fingerprint density at radius 3 is 2.50 bits per heavy atom. The van der Waals surface area contributed by atoms with E-state index in [0.717, 1.165) is 41.1 Å². The number of alkyl carbamates (subject to hydrolysis) is 2. The van der Waals surface area contributed by atoms with Gasteiger partial charge in [-0.1, -0.05) is 61.7 Å². The molecule has 3 aromatic heterocycles. The first kappa shape index (κ1) is 55.1. The number of amides is 4. The van der Waals surface area contributed by atoms with Crippen LogP contribution in [0.5, 0.6) is 5.88 Å². The predicted molar refractivity (Wildman–Crippen MR) is 276 cm³/mol. The number of halogens is 3. The lowest BCUT2D eigenvalue weighted by Gasteiger charge is -2.37. The molecule has 1 fully saturated rings. The Kier molecular flexibility index (Phi) is 17.7. The summed E-state index contributed by atoms with van der Waals surface area (Å²) < 4.78 is 70.7. The summed E-state index contributed by atoms with van der Waals surface area (Å²) in [6, 6.07) is 11.3. The molecule has 1 saturated heterocycles. The number of hydrogen-bond donors (Lipinski definition) is 3. The van der Waals surface area contributed by atoms with Gasteiger partial charge in [0.25, 0.3) is 5.88 Å². The first-order chi connectivity index (χ1) is 35.1. The number of aryl methyl sites for hydroxylation is 1. The maximum absolute atomic E-state index is 15.3. The molecule has 2 aromatic carbocycles. The highest BCUT2D eigenvalue weighted by Gasteiger charge is 2.50. The molecule has 3 atom stereocenters. The number of carbonyl (C=O) groups excluding carboxylic acids is 3. The Bertz CT molecular complexity index is 2800. The summed E-state index contributed by atoms with van der Waals surface area (Å²) >= 11 is 1.09. The van der Waals surface area contributed by atoms with Crippen LogP contribution in [0.1, 0.15) is 44.7 Å². The van der Waals surface area contributed by atoms with Crippen LogP contribution in [-0.2, 0) is 37.5 Å². The molecule has 26 heteroatoms. The highest BCUT2D eigenvalue weighted by molar-refractivity contribution is 8.15. The van der Waals surface area contributed by atoms with Crippen molar-refractivity contribution in [3.05, 3.63) is 83.8 Å². The fraction of sp³-hybridized carbons (Fsp3) is 0.500. The molecule has 2 aliphatic rings. The molecule has 3 N–H and O–H groups in total. The molecular weight excluding hydrogens is 1000 g/mol. The van der Waals surface area contributed by atoms with Crippen LogP contribution in [0.15, 0.2) is 66.2 Å². The van der Waals surface area contributed by atoms with Gasteiger partial charge < -0.3 is 44.4 Å². The van der Waals surface area contributed by atoms with Crippen LogP contribution in [0, 0.1) is 11.6 Å². The standard InChI is InChI=1S/C48H64F3N13O8SSi/c1-47(2,3)72-44(65)52-19-13-18-48(31-14-11-10-12-15-31)64(59-42(73-48)33-26-32(49)16-17-34(33)50)46(67)61(5)71-23-22-69-21-20-63-29-37(41(58-63)68-6)54-39-38-40(60(4)30-53-38)57-43(56-39)62-27-35(51)36(28-62)55-45(66)70-24-25-74(7,8)9/h10-12,14-17,26,29-30,35-36H,13,18-25,27-28H2,1-9H3,(H,52,65)(H,55,66)(H,54,56,57)/t35-,36-,48+/m1/s1. The van der Waals surface area contributed by atoms with Gasteiger partial charge in [-0.3, -0.25) is 9.52 Å². The molecule has 0 radical (unpaired) electrons. The van der Waals surface area contributed by atoms with Crippen LogP contribution in [0.2, 0.25) is 25.7 Å². The highest BCUT2D eigenvalue weighted by atomic mass is 32.2. The fourth-order valence-electron chi connectivity index (χ4n) is 7.87. The summed E-state index contributed by atoms with van der Waals surface area (Å²) in [7, 11) is 3.25. The van der Waals surface area contributed by atoms with Crippen molar-refractivity contribution in [2.75, 3.05) is 70.4 Å². The van der Waals surface area contributed by atoms with E-state index >= 15 is 8.78 Å². The predicted octanol–water partition coefficient (Wildman–Crippen LogP) is 7.75. The van der Waals surface area contributed by atoms with Crippen LogP contribution < -0.4 is 25.6 Å². The van der Waals surface area contributed by atoms with E-state index in [4.69, 9.17) is 28.8 Å². The minimum Gasteiger partial charge on any atom is -0.478 e. The Hall–Kier alpha value is -6.64. The minimum absolute atomic E-state index is 0.0537. The van der Waals surface area contributed by atoms with E-state index in [0.29, 0.717) is 34.7 Å². The molecule has 0 unspecified atom stereocenters. The number of urea groups is 1. The molecule has 2 aliphatic heterocycles. The number of fused-ring (bicyclic) bond motifs is 1. The van der Waals surface area contributed by atoms with Crippen LogP contribution in [0.25, 0.3) is 11.2 Å². The summed E-state index contributed by atoms with van der Waals surface area (Å²) in [5.74, 6) is -0.601. The summed E-state index contributed by atoms with van der Waals surface area (Å²) in [5, 5.41) is 20.1. The van der Waals surface area contributed by atoms with Gasteiger partial charge in [-0.25, -0.2) is 37.6 Å². The summed E-state index contributed by atoms with van der Waals surface area (Å²) in [4.78, 5) is 59.5. The number of aromatic nitrogens is 6. The van der Waals surface area contributed by atoms with E-state index in [-0.39, 0.29) is 81.5 Å². The van der Waals surface area contributed by atoms with Gasteiger partial charge in [-0.05, 0) is 63.4 Å². The van der Waals surface area contributed by atoms with E-state index in [1.807, 2.05) is 18.2 Å². The number of methoxy groups -OCH3 is 1. The van der Waals surface area contributed by atoms with Gasteiger partial charge in [0.15, 0.2) is 17.0 Å². The molecule has 74 heavy (non-hydrogen) atoms. The summed E-state index contributed by atoms with van der Waals surface area (Å²) in [6.07, 6.45) is 1.20. The number of benzene rings is 2. The van der Waals surface area contributed by atoms with Crippen molar-refractivity contribution in [1.29, 1.82) is 0 Å². The number of hydroxylamine groups is 2. The van der Waals surface area contributed by atoms with Gasteiger partial charge in [0.2, 0.25) is 5.95 Å². The smallest absolute Gasteiger partial charge is 0.407 e. The van der Waals surface area contributed by atoms with Gasteiger partial charge in [-0.15, -0.1) is 5.10 Å². The quantitative estimate of drug-likeness (QED) is 0.0364. The van der Waals surface area contributed by atoms with Crippen LogP contribution in [0.4, 0.5) is 45.0 Å². The first-order valence-electron chi connectivity index (χ1n) is 24.1. The topological polar surface area (TPSA) is 217 Å². The summed E-state index contributed by atoms with van der Waals surface area (Å²) in [5.41, 5.74) is 1.21. The third-order valence-corrected chi connectivity index (χ3v) is 14.8. The van der Waals surface area contributed by atoms with Crippen molar-refractivity contribution in [2.45, 2.75) is 88.5 Å². The number of anilines is 3. The Labute approximate surface area is 432 Å². The molecule has 0 bridgehead atoms. The minimum atomic E-state index is -1.42. The van der Waals surface area contributed by atoms with Crippen molar-refractivity contribution in [2.24, 2.45) is 12.1 Å². The molecular formula is C48H64F3N13O8SSi. The molecule has 0 spiro atoms. The molecule has 0 saturated carbocycles. The van der Waals surface area contributed by atoms with Gasteiger partial charge in [-0.2, -0.15) is 20.1 Å². The number of thioether (sulfide) groups is 1. The maximum Gasteiger partial charge on any atom is 0.407 e.